The Hall–Kier alpha value is -0.840. The first-order valence-electron chi connectivity index (χ1n) is 5.71. The van der Waals surface area contributed by atoms with Crippen LogP contribution in [-0.2, 0) is 11.3 Å². The first-order valence-corrected chi connectivity index (χ1v) is 6.24. The van der Waals surface area contributed by atoms with Gasteiger partial charge in [0.05, 0.1) is 19.4 Å². The number of methoxy groups -OCH3 is 1. The van der Waals surface area contributed by atoms with Crippen molar-refractivity contribution in [1.29, 1.82) is 0 Å². The molecule has 0 unspecified atom stereocenters. The second-order valence-electron chi connectivity index (χ2n) is 3.50. The summed E-state index contributed by atoms with van der Waals surface area (Å²) >= 11 is 5.49. The lowest BCUT2D eigenvalue weighted by Crippen LogP contribution is -2.17. The van der Waals surface area contributed by atoms with E-state index < -0.39 is 0 Å². The van der Waals surface area contributed by atoms with Crippen LogP contribution in [0.2, 0.25) is 0 Å². The number of alkyl halides is 1. The van der Waals surface area contributed by atoms with Crippen LogP contribution in [0.25, 0.3) is 0 Å². The number of aromatic nitrogens is 1. The molecule has 5 heteroatoms. The highest BCUT2D eigenvalue weighted by Gasteiger charge is 1.96. The molecule has 17 heavy (non-hydrogen) atoms. The summed E-state index contributed by atoms with van der Waals surface area (Å²) in [6, 6.07) is 5.75. The van der Waals surface area contributed by atoms with Crippen LogP contribution in [0.4, 0.5) is 0 Å². The van der Waals surface area contributed by atoms with Gasteiger partial charge in [0.25, 0.3) is 0 Å². The summed E-state index contributed by atoms with van der Waals surface area (Å²) in [5.41, 5.74) is 0.978. The summed E-state index contributed by atoms with van der Waals surface area (Å²) in [5.74, 6) is 1.20. The summed E-state index contributed by atoms with van der Waals surface area (Å²) in [7, 11) is 1.62. The second kappa shape index (κ2) is 9.22. The minimum atomic E-state index is 0.557. The zero-order valence-electron chi connectivity index (χ0n) is 10.1. The molecule has 1 heterocycles. The molecule has 0 saturated heterocycles. The van der Waals surface area contributed by atoms with E-state index in [1.165, 1.54) is 0 Å². The molecule has 0 spiro atoms. The van der Waals surface area contributed by atoms with E-state index in [1.54, 1.807) is 7.11 Å². The van der Waals surface area contributed by atoms with Crippen LogP contribution in [0.5, 0.6) is 5.88 Å². The van der Waals surface area contributed by atoms with Crippen molar-refractivity contribution in [2.75, 3.05) is 32.7 Å². The maximum absolute atomic E-state index is 5.49. The Morgan fingerprint density at radius 3 is 3.00 bits per heavy atom. The molecule has 0 aliphatic carbocycles. The first kappa shape index (κ1) is 14.2. The Labute approximate surface area is 107 Å². The van der Waals surface area contributed by atoms with Crippen LogP contribution in [-0.4, -0.2) is 37.7 Å². The third-order valence-electron chi connectivity index (χ3n) is 2.16. The Morgan fingerprint density at radius 2 is 2.24 bits per heavy atom. The van der Waals surface area contributed by atoms with Crippen molar-refractivity contribution in [2.24, 2.45) is 0 Å². The minimum Gasteiger partial charge on any atom is -0.481 e. The minimum absolute atomic E-state index is 0.557. The van der Waals surface area contributed by atoms with Gasteiger partial charge in [-0.3, -0.25) is 0 Å². The SMILES string of the molecule is COc1cccc(CNCCCOCCCl)n1. The van der Waals surface area contributed by atoms with E-state index in [1.807, 2.05) is 18.2 Å². The van der Waals surface area contributed by atoms with Crippen molar-refractivity contribution in [3.05, 3.63) is 23.9 Å². The summed E-state index contributed by atoms with van der Waals surface area (Å²) in [5, 5.41) is 3.30. The summed E-state index contributed by atoms with van der Waals surface area (Å²) in [4.78, 5) is 4.31. The quantitative estimate of drug-likeness (QED) is 0.542. The van der Waals surface area contributed by atoms with E-state index in [0.717, 1.165) is 31.8 Å². The smallest absolute Gasteiger partial charge is 0.213 e. The maximum Gasteiger partial charge on any atom is 0.213 e. The molecular formula is C12H19ClN2O2. The van der Waals surface area contributed by atoms with Gasteiger partial charge >= 0.3 is 0 Å². The molecule has 1 aromatic heterocycles. The summed E-state index contributed by atoms with van der Waals surface area (Å²) in [6.07, 6.45) is 0.973. The molecule has 0 aliphatic heterocycles. The van der Waals surface area contributed by atoms with Gasteiger partial charge < -0.3 is 14.8 Å². The van der Waals surface area contributed by atoms with Gasteiger partial charge in [-0.2, -0.15) is 0 Å². The average Bonchev–Trinajstić information content (AvgIpc) is 2.38. The normalized spacial score (nSPS) is 10.5. The van der Waals surface area contributed by atoms with Crippen molar-refractivity contribution < 1.29 is 9.47 Å². The lowest BCUT2D eigenvalue weighted by molar-refractivity contribution is 0.146. The zero-order valence-corrected chi connectivity index (χ0v) is 10.9. The lowest BCUT2D eigenvalue weighted by Gasteiger charge is -2.06. The molecule has 0 aliphatic rings. The first-order chi connectivity index (χ1) is 8.36. The molecular weight excluding hydrogens is 240 g/mol. The van der Waals surface area contributed by atoms with Crippen molar-refractivity contribution >= 4 is 11.6 Å². The van der Waals surface area contributed by atoms with Gasteiger partial charge in [-0.05, 0) is 19.0 Å². The maximum atomic E-state index is 5.49. The highest BCUT2D eigenvalue weighted by molar-refractivity contribution is 6.17. The molecule has 0 fully saturated rings. The van der Waals surface area contributed by atoms with Crippen LogP contribution in [0.15, 0.2) is 18.2 Å². The standard InChI is InChI=1S/C12H19ClN2O2/c1-16-12-5-2-4-11(15-12)10-14-7-3-8-17-9-6-13/h2,4-5,14H,3,6-10H2,1H3. The van der Waals surface area contributed by atoms with E-state index in [4.69, 9.17) is 21.1 Å². The number of nitrogens with one attached hydrogen (secondary N) is 1. The Kier molecular flexibility index (Phi) is 7.71. The van der Waals surface area contributed by atoms with Crippen molar-refractivity contribution in [1.82, 2.24) is 10.3 Å². The Morgan fingerprint density at radius 1 is 1.35 bits per heavy atom. The molecule has 4 nitrogen and oxygen atoms in total. The number of hydrogen-bond acceptors (Lipinski definition) is 4. The highest BCUT2D eigenvalue weighted by atomic mass is 35.5. The van der Waals surface area contributed by atoms with Gasteiger partial charge in [-0.15, -0.1) is 11.6 Å². The molecule has 96 valence electrons. The lowest BCUT2D eigenvalue weighted by atomic mass is 10.3. The van der Waals surface area contributed by atoms with Crippen molar-refractivity contribution in [3.8, 4) is 5.88 Å². The zero-order chi connectivity index (χ0) is 12.3. The van der Waals surface area contributed by atoms with E-state index in [9.17, 15) is 0 Å². The van der Waals surface area contributed by atoms with Crippen LogP contribution in [0.1, 0.15) is 12.1 Å². The van der Waals surface area contributed by atoms with Gasteiger partial charge in [-0.25, -0.2) is 4.98 Å². The predicted molar refractivity (Wildman–Crippen MR) is 68.7 cm³/mol. The molecule has 1 aromatic rings. The Bertz CT molecular complexity index is 310. The summed E-state index contributed by atoms with van der Waals surface area (Å²) < 4.78 is 10.3. The fourth-order valence-corrected chi connectivity index (χ4v) is 1.45. The highest BCUT2D eigenvalue weighted by Crippen LogP contribution is 2.05. The third kappa shape index (κ3) is 6.46. The molecule has 0 radical (unpaired) electrons. The number of halogens is 1. The molecule has 0 atom stereocenters. The van der Waals surface area contributed by atoms with Crippen molar-refractivity contribution in [3.63, 3.8) is 0 Å². The molecule has 1 rings (SSSR count). The van der Waals surface area contributed by atoms with Gasteiger partial charge in [0.15, 0.2) is 0 Å². The summed E-state index contributed by atoms with van der Waals surface area (Å²) in [6.45, 7) is 3.01. The van der Waals surface area contributed by atoms with E-state index in [-0.39, 0.29) is 0 Å². The third-order valence-corrected chi connectivity index (χ3v) is 2.31. The van der Waals surface area contributed by atoms with E-state index in [0.29, 0.717) is 18.4 Å². The predicted octanol–water partition coefficient (Wildman–Crippen LogP) is 1.83. The second-order valence-corrected chi connectivity index (χ2v) is 3.88. The van der Waals surface area contributed by atoms with Crippen LogP contribution in [0, 0.1) is 0 Å². The molecule has 0 aromatic carbocycles. The number of rotatable bonds is 9. The molecule has 1 N–H and O–H groups in total. The largest absolute Gasteiger partial charge is 0.481 e. The van der Waals surface area contributed by atoms with Crippen molar-refractivity contribution in [2.45, 2.75) is 13.0 Å². The number of nitrogens with zero attached hydrogens (tertiary/aromatic N) is 1. The molecule has 0 bridgehead atoms. The fraction of sp³-hybridized carbons (Fsp3) is 0.583. The number of ether oxygens (including phenoxy) is 2. The van der Waals surface area contributed by atoms with Crippen LogP contribution >= 0.6 is 11.6 Å². The topological polar surface area (TPSA) is 43.4 Å². The van der Waals surface area contributed by atoms with Gasteiger partial charge in [-0.1, -0.05) is 6.07 Å². The van der Waals surface area contributed by atoms with E-state index >= 15 is 0 Å². The molecule has 0 saturated carbocycles. The van der Waals surface area contributed by atoms with Crippen LogP contribution in [0.3, 0.4) is 0 Å². The average molecular weight is 259 g/mol. The Balaban J connectivity index is 2.09. The van der Waals surface area contributed by atoms with E-state index in [2.05, 4.69) is 10.3 Å². The van der Waals surface area contributed by atoms with Crippen LogP contribution < -0.4 is 10.1 Å². The van der Waals surface area contributed by atoms with Gasteiger partial charge in [0, 0.05) is 25.1 Å². The van der Waals surface area contributed by atoms with Gasteiger partial charge in [0.1, 0.15) is 0 Å². The molecule has 0 amide bonds. The fourth-order valence-electron chi connectivity index (χ4n) is 1.34. The monoisotopic (exact) mass is 258 g/mol. The number of hydrogen-bond donors (Lipinski definition) is 1. The van der Waals surface area contributed by atoms with Gasteiger partial charge in [0.2, 0.25) is 5.88 Å². The number of pyridine rings is 1.